The van der Waals surface area contributed by atoms with Gasteiger partial charge in [-0.15, -0.1) is 0 Å². The fraction of sp³-hybridized carbons (Fsp3) is 0.500. The summed E-state index contributed by atoms with van der Waals surface area (Å²) in [5.41, 5.74) is 0. The fourth-order valence-electron chi connectivity index (χ4n) is 0. The van der Waals surface area contributed by atoms with Gasteiger partial charge in [0, 0.05) is 26.5 Å². The first-order chi connectivity index (χ1) is 2.27. The number of nitrogens with one attached hydrogen (secondary N) is 1. The van der Waals surface area contributed by atoms with E-state index in [4.69, 9.17) is 5.11 Å². The summed E-state index contributed by atoms with van der Waals surface area (Å²) in [7, 11) is 1.56. The van der Waals surface area contributed by atoms with Gasteiger partial charge in [-0.25, -0.2) is 0 Å². The van der Waals surface area contributed by atoms with Crippen LogP contribution in [0.25, 0.3) is 0 Å². The van der Waals surface area contributed by atoms with Gasteiger partial charge in [0.2, 0.25) is 0 Å². The van der Waals surface area contributed by atoms with Crippen molar-refractivity contribution in [1.82, 2.24) is 5.32 Å². The van der Waals surface area contributed by atoms with Gasteiger partial charge in [-0.3, -0.25) is 0 Å². The molecular formula is C2H5NOSZn. The third kappa shape index (κ3) is 8.85. The smallest absolute Gasteiger partial charge is 0.253 e. The molecule has 0 saturated heterocycles. The van der Waals surface area contributed by atoms with E-state index < -0.39 is 0 Å². The maximum absolute atomic E-state index is 7.98. The van der Waals surface area contributed by atoms with Crippen molar-refractivity contribution in [3.63, 3.8) is 0 Å². The molecule has 0 aromatic carbocycles. The van der Waals surface area contributed by atoms with E-state index in [0.29, 0.717) is 0 Å². The van der Waals surface area contributed by atoms with Gasteiger partial charge < -0.3 is 10.4 Å². The van der Waals surface area contributed by atoms with E-state index in [9.17, 15) is 0 Å². The molecule has 2 N–H and O–H groups in total. The number of rotatable bonds is 0. The monoisotopic (exact) mass is 155 g/mol. The quantitative estimate of drug-likeness (QED) is 0.384. The van der Waals surface area contributed by atoms with Crippen LogP contribution >= 0.6 is 12.2 Å². The van der Waals surface area contributed by atoms with Gasteiger partial charge in [0.25, 0.3) is 5.17 Å². The number of hydrogen-bond donors (Lipinski definition) is 2. The van der Waals surface area contributed by atoms with Crippen LogP contribution in [0, 0.1) is 0 Å². The first-order valence-electron chi connectivity index (χ1n) is 1.18. The van der Waals surface area contributed by atoms with E-state index in [1.807, 2.05) is 0 Å². The molecule has 0 radical (unpaired) electrons. The molecule has 0 rings (SSSR count). The number of aliphatic hydroxyl groups excluding tert-OH is 1. The molecule has 0 saturated carbocycles. The van der Waals surface area contributed by atoms with Gasteiger partial charge >= 0.3 is 0 Å². The van der Waals surface area contributed by atoms with E-state index >= 15 is 0 Å². The van der Waals surface area contributed by atoms with Crippen molar-refractivity contribution in [2.45, 2.75) is 0 Å². The predicted octanol–water partition coefficient (Wildman–Crippen LogP) is 0.0462. The standard InChI is InChI=1S/C2H5NOS.Zn/c1-3-2(4)5;/h1H3,(H2,3,4,5);. The summed E-state index contributed by atoms with van der Waals surface area (Å²) in [5, 5.41) is 10.1. The normalized spacial score (nSPS) is 5.50. The molecule has 0 heterocycles. The topological polar surface area (TPSA) is 32.3 Å². The Kier molecular flexibility index (Phi) is 8.48. The number of hydrogen-bond acceptors (Lipinski definition) is 1. The van der Waals surface area contributed by atoms with Crippen LogP contribution in [-0.4, -0.2) is 17.3 Å². The molecule has 4 heteroatoms. The van der Waals surface area contributed by atoms with Crippen LogP contribution in [0.5, 0.6) is 0 Å². The maximum atomic E-state index is 7.98. The Hall–Kier alpha value is 0.313. The molecule has 0 atom stereocenters. The molecule has 2 nitrogen and oxygen atoms in total. The second-order valence-corrected chi connectivity index (χ2v) is 0.942. The Morgan fingerprint density at radius 2 is 2.00 bits per heavy atom. The largest absolute Gasteiger partial charge is 0.487 e. The van der Waals surface area contributed by atoms with E-state index in [2.05, 4.69) is 17.5 Å². The Labute approximate surface area is 54.7 Å². The van der Waals surface area contributed by atoms with Crippen LogP contribution in [0.4, 0.5) is 0 Å². The van der Waals surface area contributed by atoms with Crippen LogP contribution in [0.1, 0.15) is 0 Å². The number of aliphatic hydroxyl groups is 1. The molecule has 6 heavy (non-hydrogen) atoms. The molecule has 0 bridgehead atoms. The summed E-state index contributed by atoms with van der Waals surface area (Å²) < 4.78 is 0. The SMILES string of the molecule is CNC(O)=S.[Zn]. The summed E-state index contributed by atoms with van der Waals surface area (Å²) >= 11 is 4.14. The molecule has 0 fully saturated rings. The van der Waals surface area contributed by atoms with Crippen molar-refractivity contribution in [2.24, 2.45) is 0 Å². The third-order valence-corrected chi connectivity index (χ3v) is 0.418. The molecule has 0 aliphatic heterocycles. The second-order valence-electron chi connectivity index (χ2n) is 0.555. The molecular weight excluding hydrogens is 151 g/mol. The average Bonchev–Trinajstić information content (AvgIpc) is 1.38. The molecule has 0 aliphatic carbocycles. The van der Waals surface area contributed by atoms with Gasteiger partial charge in [0.05, 0.1) is 0 Å². The molecule has 0 spiro atoms. The minimum Gasteiger partial charge on any atom is -0.487 e. The Balaban J connectivity index is 0. The van der Waals surface area contributed by atoms with Gasteiger partial charge in [-0.05, 0) is 12.2 Å². The zero-order chi connectivity index (χ0) is 4.28. The number of thiocarbonyl (C=S) groups is 1. The van der Waals surface area contributed by atoms with E-state index in [1.165, 1.54) is 0 Å². The van der Waals surface area contributed by atoms with Gasteiger partial charge in [-0.2, -0.15) is 0 Å². The van der Waals surface area contributed by atoms with Crippen molar-refractivity contribution in [2.75, 3.05) is 7.05 Å². The molecule has 32 valence electrons. The average molecular weight is 157 g/mol. The minimum absolute atomic E-state index is 0. The van der Waals surface area contributed by atoms with Gasteiger partial charge in [-0.1, -0.05) is 0 Å². The maximum Gasteiger partial charge on any atom is 0.253 e. The van der Waals surface area contributed by atoms with Crippen LogP contribution in [0.15, 0.2) is 0 Å². The summed E-state index contributed by atoms with van der Waals surface area (Å²) in [6, 6.07) is 0. The van der Waals surface area contributed by atoms with Gasteiger partial charge in [0.1, 0.15) is 0 Å². The molecule has 0 aromatic rings. The van der Waals surface area contributed by atoms with Gasteiger partial charge in [0.15, 0.2) is 0 Å². The van der Waals surface area contributed by atoms with E-state index in [1.54, 1.807) is 7.05 Å². The second kappa shape index (κ2) is 5.31. The van der Waals surface area contributed by atoms with E-state index in [-0.39, 0.29) is 24.7 Å². The third-order valence-electron chi connectivity index (χ3n) is 0.214. The minimum atomic E-state index is -0.162. The molecule has 0 aromatic heterocycles. The molecule has 0 amide bonds. The summed E-state index contributed by atoms with van der Waals surface area (Å²) in [6.45, 7) is 0. The predicted molar refractivity (Wildman–Crippen MR) is 24.3 cm³/mol. The summed E-state index contributed by atoms with van der Waals surface area (Å²) in [4.78, 5) is 0. The van der Waals surface area contributed by atoms with Crippen LogP contribution in [0.2, 0.25) is 0 Å². The zero-order valence-corrected chi connectivity index (χ0v) is 7.35. The van der Waals surface area contributed by atoms with Crippen molar-refractivity contribution in [1.29, 1.82) is 0 Å². The van der Waals surface area contributed by atoms with Crippen molar-refractivity contribution >= 4 is 17.4 Å². The Morgan fingerprint density at radius 3 is 2.00 bits per heavy atom. The van der Waals surface area contributed by atoms with Crippen molar-refractivity contribution in [3.05, 3.63) is 0 Å². The molecule has 0 unspecified atom stereocenters. The first kappa shape index (κ1) is 9.58. The van der Waals surface area contributed by atoms with Crippen molar-refractivity contribution in [3.8, 4) is 0 Å². The van der Waals surface area contributed by atoms with Crippen LogP contribution in [0.3, 0.4) is 0 Å². The van der Waals surface area contributed by atoms with E-state index in [0.717, 1.165) is 0 Å². The Bertz CT molecular complexity index is 48.8. The fourth-order valence-corrected chi connectivity index (χ4v) is 0. The summed E-state index contributed by atoms with van der Waals surface area (Å²) in [6.07, 6.45) is 0. The molecule has 0 aliphatic rings. The van der Waals surface area contributed by atoms with Crippen LogP contribution in [-0.2, 0) is 19.5 Å². The Morgan fingerprint density at radius 1 is 1.83 bits per heavy atom. The zero-order valence-electron chi connectivity index (χ0n) is 3.56. The van der Waals surface area contributed by atoms with Crippen molar-refractivity contribution < 1.29 is 24.6 Å². The van der Waals surface area contributed by atoms with Crippen LogP contribution < -0.4 is 5.32 Å². The first-order valence-corrected chi connectivity index (χ1v) is 1.59. The summed E-state index contributed by atoms with van der Waals surface area (Å²) in [5.74, 6) is 0.